The van der Waals surface area contributed by atoms with E-state index in [9.17, 15) is 9.90 Å². The summed E-state index contributed by atoms with van der Waals surface area (Å²) in [5.74, 6) is 0.413. The lowest BCUT2D eigenvalue weighted by atomic mass is 9.97. The van der Waals surface area contributed by atoms with Crippen molar-refractivity contribution in [1.82, 2.24) is 9.38 Å². The number of hydrogen-bond acceptors (Lipinski definition) is 5. The number of aromatic nitrogens is 2. The molecule has 1 fully saturated rings. The van der Waals surface area contributed by atoms with Gasteiger partial charge < -0.3 is 15.3 Å². The number of aliphatic hydroxyl groups excluding tert-OH is 1. The summed E-state index contributed by atoms with van der Waals surface area (Å²) in [4.78, 5) is 19.2. The summed E-state index contributed by atoms with van der Waals surface area (Å²) in [6.07, 6.45) is 3.74. The summed E-state index contributed by atoms with van der Waals surface area (Å²) in [5.41, 5.74) is 3.50. The van der Waals surface area contributed by atoms with E-state index in [1.54, 1.807) is 16.7 Å². The largest absolute Gasteiger partial charge is 0.396 e. The number of nitrogens with one attached hydrogen (secondary N) is 1. The zero-order valence-electron chi connectivity index (χ0n) is 15.2. The van der Waals surface area contributed by atoms with E-state index in [2.05, 4.69) is 27.3 Å². The molecular weight excluding hydrogens is 340 g/mol. The van der Waals surface area contributed by atoms with Gasteiger partial charge in [0.25, 0.3) is 5.56 Å². The highest BCUT2D eigenvalue weighted by Crippen LogP contribution is 2.29. The van der Waals surface area contributed by atoms with Crippen molar-refractivity contribution < 1.29 is 5.11 Å². The van der Waals surface area contributed by atoms with Gasteiger partial charge in [-0.2, -0.15) is 0 Å². The molecule has 2 N–H and O–H groups in total. The number of para-hydroxylation sites is 2. The quantitative estimate of drug-likeness (QED) is 0.728. The Labute approximate surface area is 158 Å². The van der Waals surface area contributed by atoms with Gasteiger partial charge in [0.1, 0.15) is 5.65 Å². The van der Waals surface area contributed by atoms with Crippen LogP contribution in [0.1, 0.15) is 18.5 Å². The van der Waals surface area contributed by atoms with Gasteiger partial charge in [-0.05, 0) is 43.0 Å². The third-order valence-electron chi connectivity index (χ3n) is 5.20. The Kier molecular flexibility index (Phi) is 5.07. The van der Waals surface area contributed by atoms with Crippen LogP contribution in [0.4, 0.5) is 11.4 Å². The highest BCUT2D eigenvalue weighted by atomic mass is 16.3. The van der Waals surface area contributed by atoms with Gasteiger partial charge in [0.2, 0.25) is 0 Å². The second kappa shape index (κ2) is 7.80. The fraction of sp³-hybridized carbons (Fsp3) is 0.333. The maximum absolute atomic E-state index is 12.3. The average Bonchev–Trinajstić information content (AvgIpc) is 2.73. The van der Waals surface area contributed by atoms with Gasteiger partial charge in [-0.25, -0.2) is 4.98 Å². The van der Waals surface area contributed by atoms with Crippen LogP contribution in [0.25, 0.3) is 5.65 Å². The lowest BCUT2D eigenvalue weighted by Crippen LogP contribution is -2.35. The van der Waals surface area contributed by atoms with Crippen molar-refractivity contribution in [3.63, 3.8) is 0 Å². The summed E-state index contributed by atoms with van der Waals surface area (Å²) < 4.78 is 1.54. The van der Waals surface area contributed by atoms with Gasteiger partial charge in [-0.3, -0.25) is 9.20 Å². The van der Waals surface area contributed by atoms with Crippen LogP contribution in [0.3, 0.4) is 0 Å². The molecule has 0 bridgehead atoms. The number of hydrogen-bond donors (Lipinski definition) is 2. The number of aliphatic hydroxyl groups is 1. The van der Waals surface area contributed by atoms with Crippen molar-refractivity contribution in [2.45, 2.75) is 19.4 Å². The van der Waals surface area contributed by atoms with E-state index >= 15 is 0 Å². The molecule has 2 aromatic heterocycles. The molecule has 0 aliphatic carbocycles. The Balaban J connectivity index is 1.52. The second-order valence-corrected chi connectivity index (χ2v) is 7.00. The molecule has 4 rings (SSSR count). The smallest absolute Gasteiger partial charge is 0.258 e. The maximum atomic E-state index is 12.3. The van der Waals surface area contributed by atoms with E-state index in [0.717, 1.165) is 43.0 Å². The van der Waals surface area contributed by atoms with Gasteiger partial charge in [-0.1, -0.05) is 18.2 Å². The molecule has 0 atom stereocenters. The number of nitrogens with zero attached hydrogens (tertiary/aromatic N) is 3. The first-order valence-electron chi connectivity index (χ1n) is 9.40. The molecular formula is C21H24N4O2. The van der Waals surface area contributed by atoms with Crippen LogP contribution in [0.5, 0.6) is 0 Å². The molecule has 0 radical (unpaired) electrons. The SMILES string of the molecule is O=c1cc(CNc2ccccc2N2CCC(CO)CC2)nc2ccccn12. The van der Waals surface area contributed by atoms with Crippen LogP contribution in [0.15, 0.2) is 59.5 Å². The van der Waals surface area contributed by atoms with Crippen molar-refractivity contribution in [2.75, 3.05) is 29.9 Å². The predicted octanol–water partition coefficient (Wildman–Crippen LogP) is 2.52. The third-order valence-corrected chi connectivity index (χ3v) is 5.20. The number of benzene rings is 1. The second-order valence-electron chi connectivity index (χ2n) is 7.00. The fourth-order valence-corrected chi connectivity index (χ4v) is 3.63. The molecule has 0 spiro atoms. The summed E-state index contributed by atoms with van der Waals surface area (Å²) in [6.45, 7) is 2.65. The molecule has 0 amide bonds. The lowest BCUT2D eigenvalue weighted by molar-refractivity contribution is 0.203. The van der Waals surface area contributed by atoms with Crippen LogP contribution in [0.2, 0.25) is 0 Å². The van der Waals surface area contributed by atoms with Crippen LogP contribution in [-0.2, 0) is 6.54 Å². The number of rotatable bonds is 5. The zero-order valence-corrected chi connectivity index (χ0v) is 15.2. The Hall–Kier alpha value is -2.86. The molecule has 1 saturated heterocycles. The van der Waals surface area contributed by atoms with Gasteiger partial charge in [0.05, 0.1) is 23.6 Å². The third kappa shape index (κ3) is 3.80. The van der Waals surface area contributed by atoms with Crippen molar-refractivity contribution in [3.05, 3.63) is 70.8 Å². The Morgan fingerprint density at radius 3 is 2.70 bits per heavy atom. The van der Waals surface area contributed by atoms with Crippen molar-refractivity contribution in [1.29, 1.82) is 0 Å². The average molecular weight is 364 g/mol. The molecule has 3 heterocycles. The minimum absolute atomic E-state index is 0.0724. The molecule has 1 aromatic carbocycles. The molecule has 0 saturated carbocycles. The fourth-order valence-electron chi connectivity index (χ4n) is 3.63. The Morgan fingerprint density at radius 1 is 1.11 bits per heavy atom. The summed E-state index contributed by atoms with van der Waals surface area (Å²) in [6, 6.07) is 15.3. The maximum Gasteiger partial charge on any atom is 0.258 e. The highest BCUT2D eigenvalue weighted by molar-refractivity contribution is 5.70. The monoisotopic (exact) mass is 364 g/mol. The minimum atomic E-state index is -0.0724. The molecule has 6 nitrogen and oxygen atoms in total. The van der Waals surface area contributed by atoms with Crippen LogP contribution < -0.4 is 15.8 Å². The minimum Gasteiger partial charge on any atom is -0.396 e. The standard InChI is InChI=1S/C21H24N4O2/c26-15-16-8-11-24(12-9-16)19-6-2-1-5-18(19)22-14-17-13-21(27)25-10-4-3-7-20(25)23-17/h1-7,10,13,16,22,26H,8-9,11-12,14-15H2. The first-order chi connectivity index (χ1) is 13.2. The molecule has 140 valence electrons. The van der Waals surface area contributed by atoms with Gasteiger partial charge in [-0.15, -0.1) is 0 Å². The van der Waals surface area contributed by atoms with Crippen LogP contribution in [-0.4, -0.2) is 34.2 Å². The Bertz CT molecular complexity index is 977. The zero-order chi connectivity index (χ0) is 18.6. The first kappa shape index (κ1) is 17.5. The molecule has 1 aliphatic heterocycles. The van der Waals surface area contributed by atoms with E-state index in [1.807, 2.05) is 30.3 Å². The topological polar surface area (TPSA) is 69.9 Å². The van der Waals surface area contributed by atoms with Gasteiger partial charge in [0, 0.05) is 32.0 Å². The summed E-state index contributed by atoms with van der Waals surface area (Å²) in [7, 11) is 0. The lowest BCUT2D eigenvalue weighted by Gasteiger charge is -2.34. The summed E-state index contributed by atoms with van der Waals surface area (Å²) in [5, 5.41) is 12.8. The van der Waals surface area contributed by atoms with Crippen molar-refractivity contribution in [2.24, 2.45) is 5.92 Å². The Morgan fingerprint density at radius 2 is 1.89 bits per heavy atom. The van der Waals surface area contributed by atoms with Crippen molar-refractivity contribution >= 4 is 17.0 Å². The first-order valence-corrected chi connectivity index (χ1v) is 9.40. The molecule has 27 heavy (non-hydrogen) atoms. The van der Waals surface area contributed by atoms with Crippen molar-refractivity contribution in [3.8, 4) is 0 Å². The number of anilines is 2. The van der Waals surface area contributed by atoms with E-state index in [0.29, 0.717) is 18.1 Å². The van der Waals surface area contributed by atoms with Crippen LogP contribution in [0, 0.1) is 5.92 Å². The van der Waals surface area contributed by atoms with E-state index in [4.69, 9.17) is 0 Å². The predicted molar refractivity (Wildman–Crippen MR) is 107 cm³/mol. The van der Waals surface area contributed by atoms with Gasteiger partial charge >= 0.3 is 0 Å². The van der Waals surface area contributed by atoms with E-state index < -0.39 is 0 Å². The molecule has 1 aliphatic rings. The van der Waals surface area contributed by atoms with E-state index in [1.165, 1.54) is 0 Å². The summed E-state index contributed by atoms with van der Waals surface area (Å²) >= 11 is 0. The normalized spacial score (nSPS) is 15.2. The molecule has 0 unspecified atom stereocenters. The number of fused-ring (bicyclic) bond motifs is 1. The number of piperidine rings is 1. The molecule has 3 aromatic rings. The number of pyridine rings is 1. The van der Waals surface area contributed by atoms with Crippen LogP contribution >= 0.6 is 0 Å². The van der Waals surface area contributed by atoms with E-state index in [-0.39, 0.29) is 12.2 Å². The highest BCUT2D eigenvalue weighted by Gasteiger charge is 2.20. The molecule has 6 heteroatoms. The van der Waals surface area contributed by atoms with Gasteiger partial charge in [0.15, 0.2) is 0 Å².